The Bertz CT molecular complexity index is 1120. The summed E-state index contributed by atoms with van der Waals surface area (Å²) in [7, 11) is 0. The summed E-state index contributed by atoms with van der Waals surface area (Å²) < 4.78 is 16.2. The maximum atomic E-state index is 14.3. The van der Waals surface area contributed by atoms with Crippen LogP contribution in [0.2, 0.25) is 0 Å². The Hall–Kier alpha value is -2.92. The molecule has 3 nitrogen and oxygen atoms in total. The quantitative estimate of drug-likeness (QED) is 0.472. The molecule has 0 bridgehead atoms. The number of aromatic nitrogens is 3. The van der Waals surface area contributed by atoms with Crippen molar-refractivity contribution >= 4 is 11.8 Å². The Labute approximate surface area is 167 Å². The Morgan fingerprint density at radius 3 is 2.64 bits per heavy atom. The van der Waals surface area contributed by atoms with Crippen molar-refractivity contribution in [1.82, 2.24) is 14.8 Å². The summed E-state index contributed by atoms with van der Waals surface area (Å²) >= 11 is 1.86. The van der Waals surface area contributed by atoms with Crippen molar-refractivity contribution in [3.63, 3.8) is 0 Å². The van der Waals surface area contributed by atoms with E-state index in [2.05, 4.69) is 35.3 Å². The largest absolute Gasteiger partial charge is 0.264 e. The van der Waals surface area contributed by atoms with Gasteiger partial charge in [0.05, 0.1) is 12.2 Å². The van der Waals surface area contributed by atoms with E-state index >= 15 is 0 Å². The first-order valence-electron chi connectivity index (χ1n) is 9.24. The molecular formula is C23H18FN3S. The molecule has 0 radical (unpaired) electrons. The van der Waals surface area contributed by atoms with Crippen LogP contribution in [0.1, 0.15) is 22.7 Å². The van der Waals surface area contributed by atoms with E-state index in [1.807, 2.05) is 46.8 Å². The van der Waals surface area contributed by atoms with Crippen LogP contribution in [0, 0.1) is 5.82 Å². The summed E-state index contributed by atoms with van der Waals surface area (Å²) in [5, 5.41) is 4.81. The number of hydrogen-bond acceptors (Lipinski definition) is 3. The summed E-state index contributed by atoms with van der Waals surface area (Å²) in [6, 6.07) is 23.3. The van der Waals surface area contributed by atoms with E-state index in [0.717, 1.165) is 22.8 Å². The molecule has 0 saturated heterocycles. The SMILES string of the molecule is Fc1ccccc1Cn1nc(-c2ccccn2)cc1C1CSc2ccccc21. The van der Waals surface area contributed by atoms with Gasteiger partial charge >= 0.3 is 0 Å². The van der Waals surface area contributed by atoms with Crippen LogP contribution in [0.15, 0.2) is 83.9 Å². The van der Waals surface area contributed by atoms with Gasteiger partial charge in [-0.05, 0) is 35.9 Å². The zero-order valence-corrected chi connectivity index (χ0v) is 15.9. The summed E-state index contributed by atoms with van der Waals surface area (Å²) in [4.78, 5) is 5.75. The minimum Gasteiger partial charge on any atom is -0.264 e. The predicted octanol–water partition coefficient (Wildman–Crippen LogP) is 5.37. The maximum Gasteiger partial charge on any atom is 0.128 e. The van der Waals surface area contributed by atoms with E-state index in [0.29, 0.717) is 12.1 Å². The molecule has 4 aromatic rings. The van der Waals surface area contributed by atoms with Gasteiger partial charge in [0.2, 0.25) is 0 Å². The highest BCUT2D eigenvalue weighted by Crippen LogP contribution is 2.43. The van der Waals surface area contributed by atoms with Crippen LogP contribution in [0.25, 0.3) is 11.4 Å². The average molecular weight is 387 g/mol. The van der Waals surface area contributed by atoms with Crippen LogP contribution in [0.4, 0.5) is 4.39 Å². The topological polar surface area (TPSA) is 30.7 Å². The minimum atomic E-state index is -0.204. The molecule has 5 rings (SSSR count). The van der Waals surface area contributed by atoms with Gasteiger partial charge in [-0.3, -0.25) is 9.67 Å². The number of hydrogen-bond donors (Lipinski definition) is 0. The number of thioether (sulfide) groups is 1. The summed E-state index contributed by atoms with van der Waals surface area (Å²) in [6.07, 6.45) is 1.77. The predicted molar refractivity (Wildman–Crippen MR) is 110 cm³/mol. The highest BCUT2D eigenvalue weighted by atomic mass is 32.2. The van der Waals surface area contributed by atoms with Crippen LogP contribution < -0.4 is 0 Å². The number of benzene rings is 2. The zero-order valence-electron chi connectivity index (χ0n) is 15.1. The van der Waals surface area contributed by atoms with Crippen LogP contribution in [-0.4, -0.2) is 20.5 Å². The van der Waals surface area contributed by atoms with Crippen LogP contribution in [0.5, 0.6) is 0 Å². The zero-order chi connectivity index (χ0) is 18.9. The van der Waals surface area contributed by atoms with Crippen molar-refractivity contribution in [3.05, 3.63) is 102 Å². The highest BCUT2D eigenvalue weighted by molar-refractivity contribution is 7.99. The molecule has 138 valence electrons. The Balaban J connectivity index is 1.61. The molecule has 2 aromatic heterocycles. The summed E-state index contributed by atoms with van der Waals surface area (Å²) in [5.41, 5.74) is 4.70. The molecule has 0 amide bonds. The van der Waals surface area contributed by atoms with Gasteiger partial charge in [0.15, 0.2) is 0 Å². The van der Waals surface area contributed by atoms with Crippen molar-refractivity contribution < 1.29 is 4.39 Å². The Kier molecular flexibility index (Phi) is 4.45. The molecule has 1 aliphatic rings. The van der Waals surface area contributed by atoms with E-state index in [4.69, 9.17) is 5.10 Å². The van der Waals surface area contributed by atoms with Crippen molar-refractivity contribution in [2.45, 2.75) is 17.4 Å². The number of nitrogens with zero attached hydrogens (tertiary/aromatic N) is 3. The smallest absolute Gasteiger partial charge is 0.128 e. The summed E-state index contributed by atoms with van der Waals surface area (Å²) in [5.74, 6) is 0.992. The molecule has 0 saturated carbocycles. The van der Waals surface area contributed by atoms with Gasteiger partial charge in [-0.15, -0.1) is 11.8 Å². The fraction of sp³-hybridized carbons (Fsp3) is 0.130. The Morgan fingerprint density at radius 1 is 0.964 bits per heavy atom. The second kappa shape index (κ2) is 7.24. The standard InChI is InChI=1S/C23H18FN3S/c24-19-9-3-1-7-16(19)14-27-22(13-21(26-27)20-10-5-6-12-25-20)18-15-28-23-11-4-2-8-17(18)23/h1-13,18H,14-15H2. The van der Waals surface area contributed by atoms with Gasteiger partial charge in [-0.2, -0.15) is 5.10 Å². The normalized spacial score (nSPS) is 15.5. The second-order valence-electron chi connectivity index (χ2n) is 6.82. The number of pyridine rings is 1. The Morgan fingerprint density at radius 2 is 1.79 bits per heavy atom. The second-order valence-corrected chi connectivity index (χ2v) is 7.88. The molecule has 0 aliphatic carbocycles. The van der Waals surface area contributed by atoms with Crippen LogP contribution >= 0.6 is 11.8 Å². The fourth-order valence-corrected chi connectivity index (χ4v) is 4.92. The highest BCUT2D eigenvalue weighted by Gasteiger charge is 2.28. The lowest BCUT2D eigenvalue weighted by molar-refractivity contribution is 0.571. The van der Waals surface area contributed by atoms with Gasteiger partial charge in [-0.1, -0.05) is 42.5 Å². The first-order valence-corrected chi connectivity index (χ1v) is 10.2. The third-order valence-corrected chi connectivity index (χ3v) is 6.26. The van der Waals surface area contributed by atoms with Gasteiger partial charge in [0.25, 0.3) is 0 Å². The number of rotatable bonds is 4. The third-order valence-electron chi connectivity index (χ3n) is 5.07. The van der Waals surface area contributed by atoms with Gasteiger partial charge < -0.3 is 0 Å². The van der Waals surface area contributed by atoms with Crippen LogP contribution in [-0.2, 0) is 6.54 Å². The third kappa shape index (κ3) is 3.12. The monoisotopic (exact) mass is 387 g/mol. The maximum absolute atomic E-state index is 14.3. The first-order chi connectivity index (χ1) is 13.8. The van der Waals surface area contributed by atoms with Crippen molar-refractivity contribution in [1.29, 1.82) is 0 Å². The van der Waals surface area contributed by atoms with Crippen molar-refractivity contribution in [2.75, 3.05) is 5.75 Å². The fourth-order valence-electron chi connectivity index (χ4n) is 3.67. The lowest BCUT2D eigenvalue weighted by Crippen LogP contribution is -2.12. The van der Waals surface area contributed by atoms with Crippen LogP contribution in [0.3, 0.4) is 0 Å². The van der Waals surface area contributed by atoms with E-state index in [-0.39, 0.29) is 11.7 Å². The van der Waals surface area contributed by atoms with E-state index in [9.17, 15) is 4.39 Å². The molecular weight excluding hydrogens is 369 g/mol. The lowest BCUT2D eigenvalue weighted by Gasteiger charge is -2.14. The average Bonchev–Trinajstić information content (AvgIpc) is 3.34. The molecule has 5 heteroatoms. The molecule has 28 heavy (non-hydrogen) atoms. The van der Waals surface area contributed by atoms with Gasteiger partial charge in [0.1, 0.15) is 11.5 Å². The van der Waals surface area contributed by atoms with Gasteiger partial charge in [-0.25, -0.2) is 4.39 Å². The van der Waals surface area contributed by atoms with E-state index < -0.39 is 0 Å². The molecule has 1 atom stereocenters. The molecule has 0 fully saturated rings. The van der Waals surface area contributed by atoms with E-state index in [1.54, 1.807) is 12.3 Å². The number of fused-ring (bicyclic) bond motifs is 1. The molecule has 3 heterocycles. The molecule has 0 N–H and O–H groups in total. The van der Waals surface area contributed by atoms with E-state index in [1.165, 1.54) is 16.5 Å². The van der Waals surface area contributed by atoms with Crippen molar-refractivity contribution in [3.8, 4) is 11.4 Å². The minimum absolute atomic E-state index is 0.204. The van der Waals surface area contributed by atoms with Crippen molar-refractivity contribution in [2.24, 2.45) is 0 Å². The molecule has 1 aliphatic heterocycles. The molecule has 0 spiro atoms. The number of halogens is 1. The molecule has 1 unspecified atom stereocenters. The summed E-state index contributed by atoms with van der Waals surface area (Å²) in [6.45, 7) is 0.401. The molecule has 2 aromatic carbocycles. The first kappa shape index (κ1) is 17.2. The van der Waals surface area contributed by atoms with Gasteiger partial charge in [0, 0.05) is 34.0 Å². The lowest BCUT2D eigenvalue weighted by atomic mass is 9.97.